The number of carbonyl (C=O) groups excluding carboxylic acids is 2. The average Bonchev–Trinajstić information content (AvgIpc) is 2.77. The number of esters is 1. The van der Waals surface area contributed by atoms with Crippen molar-refractivity contribution in [1.82, 2.24) is 0 Å². The van der Waals surface area contributed by atoms with E-state index in [0.29, 0.717) is 30.8 Å². The molecule has 1 aromatic rings. The molecule has 160 valence electrons. The van der Waals surface area contributed by atoms with E-state index in [1.165, 1.54) is 14.2 Å². The van der Waals surface area contributed by atoms with Gasteiger partial charge < -0.3 is 14.2 Å². The van der Waals surface area contributed by atoms with Gasteiger partial charge in [0.05, 0.1) is 25.7 Å². The molecule has 0 saturated heterocycles. The molecule has 0 aromatic heterocycles. The van der Waals surface area contributed by atoms with E-state index in [0.717, 1.165) is 19.3 Å². The first kappa shape index (κ1) is 23.3. The number of methoxy groups -OCH3 is 2. The van der Waals surface area contributed by atoms with E-state index >= 15 is 0 Å². The molecule has 2 atom stereocenters. The Kier molecular flexibility index (Phi) is 7.81. The van der Waals surface area contributed by atoms with E-state index in [9.17, 15) is 14.2 Å². The van der Waals surface area contributed by atoms with Crippen molar-refractivity contribution in [3.8, 4) is 11.5 Å². The topological polar surface area (TPSA) is 78.9 Å². The van der Waals surface area contributed by atoms with Crippen molar-refractivity contribution in [2.75, 3.05) is 14.2 Å². The molecule has 1 saturated carbocycles. The molecule has 1 aliphatic rings. The maximum atomic E-state index is 14.0. The fourth-order valence-electron chi connectivity index (χ4n) is 4.11. The van der Waals surface area contributed by atoms with Crippen LogP contribution in [0.25, 0.3) is 0 Å². The fourth-order valence-corrected chi connectivity index (χ4v) is 4.73. The SMILES string of the molecule is CCC(C)OC(=O)C(C)(P=O)C1(C(=O)c2c(OC)cccc2OC)CCCCC1. The molecule has 0 radical (unpaired) electrons. The van der Waals surface area contributed by atoms with E-state index in [1.54, 1.807) is 32.0 Å². The molecule has 7 heteroatoms. The van der Waals surface area contributed by atoms with E-state index in [1.807, 2.05) is 6.92 Å². The highest BCUT2D eigenvalue weighted by molar-refractivity contribution is 7.28. The van der Waals surface area contributed by atoms with Crippen molar-refractivity contribution in [2.45, 2.75) is 70.6 Å². The summed E-state index contributed by atoms with van der Waals surface area (Å²) in [5.74, 6) is -0.134. The van der Waals surface area contributed by atoms with Gasteiger partial charge in [-0.2, -0.15) is 0 Å². The lowest BCUT2D eigenvalue weighted by molar-refractivity contribution is -0.154. The van der Waals surface area contributed by atoms with E-state index in [4.69, 9.17) is 14.2 Å². The van der Waals surface area contributed by atoms with Gasteiger partial charge >= 0.3 is 5.97 Å². The third-order valence-electron chi connectivity index (χ3n) is 6.19. The summed E-state index contributed by atoms with van der Waals surface area (Å²) in [6, 6.07) is 5.12. The summed E-state index contributed by atoms with van der Waals surface area (Å²) in [6.45, 7) is 5.28. The lowest BCUT2D eigenvalue weighted by atomic mass is 9.61. The Balaban J connectivity index is 2.65. The minimum atomic E-state index is -1.50. The summed E-state index contributed by atoms with van der Waals surface area (Å²) in [5.41, 5.74) is -0.883. The van der Waals surface area contributed by atoms with Gasteiger partial charge in [0.25, 0.3) is 0 Å². The van der Waals surface area contributed by atoms with Gasteiger partial charge in [-0.1, -0.05) is 32.3 Å². The Bertz CT molecular complexity index is 733. The monoisotopic (exact) mass is 422 g/mol. The minimum absolute atomic E-state index is 0.279. The molecule has 0 N–H and O–H groups in total. The van der Waals surface area contributed by atoms with Crippen molar-refractivity contribution < 1.29 is 28.4 Å². The third kappa shape index (κ3) is 4.18. The summed E-state index contributed by atoms with van der Waals surface area (Å²) < 4.78 is 28.9. The van der Waals surface area contributed by atoms with E-state index in [-0.39, 0.29) is 17.5 Å². The summed E-state index contributed by atoms with van der Waals surface area (Å²) in [4.78, 5) is 27.2. The van der Waals surface area contributed by atoms with Crippen LogP contribution in [0.1, 0.15) is 69.7 Å². The predicted octanol–water partition coefficient (Wildman–Crippen LogP) is 5.23. The van der Waals surface area contributed by atoms with Crippen LogP contribution in [0, 0.1) is 5.41 Å². The molecular formula is C22H31O6P. The van der Waals surface area contributed by atoms with Crippen LogP contribution in [-0.2, 0) is 14.1 Å². The van der Waals surface area contributed by atoms with E-state index < -0.39 is 25.0 Å². The van der Waals surface area contributed by atoms with Gasteiger partial charge in [0.1, 0.15) is 17.1 Å². The highest BCUT2D eigenvalue weighted by atomic mass is 31.1. The van der Waals surface area contributed by atoms with Gasteiger partial charge in [-0.3, -0.25) is 14.2 Å². The number of hydrogen-bond acceptors (Lipinski definition) is 6. The van der Waals surface area contributed by atoms with Crippen LogP contribution in [-0.4, -0.2) is 37.2 Å². The molecule has 2 rings (SSSR count). The molecule has 0 amide bonds. The number of ether oxygens (including phenoxy) is 3. The lowest BCUT2D eigenvalue weighted by Crippen LogP contribution is -2.55. The molecule has 0 heterocycles. The second-order valence-electron chi connectivity index (χ2n) is 7.80. The Morgan fingerprint density at radius 1 is 1.14 bits per heavy atom. The lowest BCUT2D eigenvalue weighted by Gasteiger charge is -2.44. The summed E-state index contributed by atoms with van der Waals surface area (Å²) in [6.07, 6.45) is 3.72. The van der Waals surface area contributed by atoms with Gasteiger partial charge in [0, 0.05) is 0 Å². The molecule has 1 aromatic carbocycles. The van der Waals surface area contributed by atoms with Gasteiger partial charge in [0.15, 0.2) is 19.4 Å². The van der Waals surface area contributed by atoms with Crippen molar-refractivity contribution >= 4 is 20.2 Å². The van der Waals surface area contributed by atoms with Crippen LogP contribution in [0.3, 0.4) is 0 Å². The maximum absolute atomic E-state index is 14.0. The molecule has 0 bridgehead atoms. The van der Waals surface area contributed by atoms with Crippen LogP contribution >= 0.6 is 8.46 Å². The fraction of sp³-hybridized carbons (Fsp3) is 0.636. The smallest absolute Gasteiger partial charge is 0.324 e. The van der Waals surface area contributed by atoms with Gasteiger partial charge in [0.2, 0.25) is 0 Å². The van der Waals surface area contributed by atoms with Crippen LogP contribution in [0.2, 0.25) is 0 Å². The Hall–Kier alpha value is -1.94. The maximum Gasteiger partial charge on any atom is 0.324 e. The number of hydrogen-bond donors (Lipinski definition) is 0. The first-order valence-electron chi connectivity index (χ1n) is 10.1. The zero-order valence-corrected chi connectivity index (χ0v) is 18.8. The van der Waals surface area contributed by atoms with Crippen molar-refractivity contribution in [1.29, 1.82) is 0 Å². The second-order valence-corrected chi connectivity index (χ2v) is 8.87. The second kappa shape index (κ2) is 9.71. The normalized spacial score (nSPS) is 19.1. The van der Waals surface area contributed by atoms with Crippen LogP contribution in [0.5, 0.6) is 11.5 Å². The van der Waals surface area contributed by atoms with Gasteiger partial charge in [-0.25, -0.2) is 0 Å². The predicted molar refractivity (Wildman–Crippen MR) is 111 cm³/mol. The standard InChI is InChI=1S/C22H31O6P/c1-6-15(2)28-20(24)21(3,29-25)22(13-8-7-9-14-22)19(23)18-16(26-4)11-10-12-17(18)27-5/h10-12,15H,6-9,13-14H2,1-5H3. The quantitative estimate of drug-likeness (QED) is 0.308. The molecule has 6 nitrogen and oxygen atoms in total. The third-order valence-corrected chi connectivity index (χ3v) is 7.17. The molecule has 1 fully saturated rings. The highest BCUT2D eigenvalue weighted by Gasteiger charge is 2.60. The summed E-state index contributed by atoms with van der Waals surface area (Å²) in [7, 11) is 2.55. The van der Waals surface area contributed by atoms with Gasteiger partial charge in [-0.15, -0.1) is 0 Å². The number of ketones is 1. The number of rotatable bonds is 9. The average molecular weight is 422 g/mol. The zero-order valence-electron chi connectivity index (χ0n) is 17.9. The Morgan fingerprint density at radius 2 is 1.69 bits per heavy atom. The van der Waals surface area contributed by atoms with Crippen LogP contribution in [0.4, 0.5) is 0 Å². The molecule has 0 aliphatic heterocycles. The van der Waals surface area contributed by atoms with Gasteiger partial charge in [-0.05, 0) is 45.2 Å². The largest absolute Gasteiger partial charge is 0.496 e. The Morgan fingerprint density at radius 3 is 2.14 bits per heavy atom. The number of Topliss-reactive ketones (excluding diaryl/α,β-unsaturated/α-hetero) is 1. The first-order chi connectivity index (χ1) is 13.8. The van der Waals surface area contributed by atoms with Crippen molar-refractivity contribution in [2.24, 2.45) is 5.41 Å². The van der Waals surface area contributed by atoms with Crippen LogP contribution in [0.15, 0.2) is 18.2 Å². The molecule has 0 spiro atoms. The molecule has 2 unspecified atom stereocenters. The highest BCUT2D eigenvalue weighted by Crippen LogP contribution is 2.55. The Labute approximate surface area is 174 Å². The summed E-state index contributed by atoms with van der Waals surface area (Å²) in [5, 5.41) is -1.50. The minimum Gasteiger partial charge on any atom is -0.496 e. The summed E-state index contributed by atoms with van der Waals surface area (Å²) >= 11 is 0. The van der Waals surface area contributed by atoms with Crippen molar-refractivity contribution in [3.63, 3.8) is 0 Å². The zero-order chi connectivity index (χ0) is 21.7. The van der Waals surface area contributed by atoms with E-state index in [2.05, 4.69) is 0 Å². The molecule has 1 aliphatic carbocycles. The molecular weight excluding hydrogens is 391 g/mol. The van der Waals surface area contributed by atoms with Crippen molar-refractivity contribution in [3.05, 3.63) is 23.8 Å². The first-order valence-corrected chi connectivity index (χ1v) is 10.9. The van der Waals surface area contributed by atoms with Crippen LogP contribution < -0.4 is 9.47 Å². The number of benzene rings is 1. The molecule has 29 heavy (non-hydrogen) atoms. The number of carbonyl (C=O) groups is 2.